The number of aryl methyl sites for hydroxylation is 2. The molecule has 1 amide bonds. The van der Waals surface area contributed by atoms with Gasteiger partial charge in [-0.15, -0.1) is 10.2 Å². The lowest BCUT2D eigenvalue weighted by Crippen LogP contribution is -2.37. The predicted octanol–water partition coefficient (Wildman–Crippen LogP) is 4.44. The fourth-order valence-electron chi connectivity index (χ4n) is 2.97. The molecule has 1 aliphatic carbocycles. The Morgan fingerprint density at radius 3 is 2.76 bits per heavy atom. The van der Waals surface area contributed by atoms with Gasteiger partial charge in [0, 0.05) is 11.7 Å². The molecule has 1 heterocycles. The van der Waals surface area contributed by atoms with Crippen LogP contribution in [0.25, 0.3) is 0 Å². The van der Waals surface area contributed by atoms with Crippen molar-refractivity contribution in [3.8, 4) is 0 Å². The molecule has 7 heteroatoms. The van der Waals surface area contributed by atoms with E-state index in [9.17, 15) is 4.79 Å². The van der Waals surface area contributed by atoms with Crippen LogP contribution in [0.2, 0.25) is 0 Å². The highest BCUT2D eigenvalue weighted by Crippen LogP contribution is 2.31. The molecule has 2 N–H and O–H groups in total. The van der Waals surface area contributed by atoms with Gasteiger partial charge in [-0.25, -0.2) is 0 Å². The number of thioether (sulfide) groups is 1. The number of aromatic nitrogens is 2. The maximum Gasteiger partial charge on any atom is 0.233 e. The van der Waals surface area contributed by atoms with Gasteiger partial charge in [-0.2, -0.15) is 0 Å². The summed E-state index contributed by atoms with van der Waals surface area (Å²) in [6.07, 6.45) is 4.64. The Morgan fingerprint density at radius 1 is 1.28 bits per heavy atom. The number of carbonyl (C=O) groups is 1. The van der Waals surface area contributed by atoms with Gasteiger partial charge >= 0.3 is 0 Å². The number of carbonyl (C=O) groups excluding carboxylic acids is 1. The summed E-state index contributed by atoms with van der Waals surface area (Å²) in [7, 11) is 0. The molecular formula is C18H24N4OS2. The number of anilines is 2. The van der Waals surface area contributed by atoms with E-state index in [1.165, 1.54) is 47.1 Å². The Labute approximate surface area is 157 Å². The standard InChI is InChI=1S/C18H24N4OS2/c1-11-8-9-15(12(2)10-11)20-17-21-22-18(25-17)24-13(3)16(23)19-14-6-4-5-7-14/h8-10,13-14H,4-7H2,1-3H3,(H,19,23)(H,20,21)/t13-/m0/s1. The zero-order valence-corrected chi connectivity index (χ0v) is 16.5. The molecule has 25 heavy (non-hydrogen) atoms. The van der Waals surface area contributed by atoms with Crippen LogP contribution in [0, 0.1) is 13.8 Å². The lowest BCUT2D eigenvalue weighted by Gasteiger charge is -2.15. The average Bonchev–Trinajstić information content (AvgIpc) is 3.22. The number of amides is 1. The third-order valence-electron chi connectivity index (χ3n) is 4.38. The van der Waals surface area contributed by atoms with E-state index in [0.717, 1.165) is 28.0 Å². The minimum Gasteiger partial charge on any atom is -0.352 e. The second kappa shape index (κ2) is 8.19. The van der Waals surface area contributed by atoms with E-state index in [1.54, 1.807) is 0 Å². The molecule has 134 valence electrons. The topological polar surface area (TPSA) is 66.9 Å². The zero-order valence-electron chi connectivity index (χ0n) is 14.8. The van der Waals surface area contributed by atoms with Crippen molar-refractivity contribution in [2.45, 2.75) is 62.1 Å². The molecule has 0 aliphatic heterocycles. The molecule has 5 nitrogen and oxygen atoms in total. The highest BCUT2D eigenvalue weighted by molar-refractivity contribution is 8.02. The molecule has 1 fully saturated rings. The maximum atomic E-state index is 12.3. The van der Waals surface area contributed by atoms with E-state index in [0.29, 0.717) is 6.04 Å². The first-order chi connectivity index (χ1) is 12.0. The molecule has 3 rings (SSSR count). The van der Waals surface area contributed by atoms with E-state index in [2.05, 4.69) is 52.9 Å². The Hall–Kier alpha value is -1.60. The summed E-state index contributed by atoms with van der Waals surface area (Å²) in [6, 6.07) is 6.61. The largest absolute Gasteiger partial charge is 0.352 e. The van der Waals surface area contributed by atoms with Gasteiger partial charge in [0.25, 0.3) is 0 Å². The Kier molecular flexibility index (Phi) is 5.96. The quantitative estimate of drug-likeness (QED) is 0.730. The van der Waals surface area contributed by atoms with Gasteiger partial charge in [-0.1, -0.05) is 53.6 Å². The molecule has 1 aromatic carbocycles. The van der Waals surface area contributed by atoms with Crippen LogP contribution in [0.15, 0.2) is 22.5 Å². The molecule has 1 atom stereocenters. The average molecular weight is 377 g/mol. The van der Waals surface area contributed by atoms with Gasteiger partial charge in [0.05, 0.1) is 5.25 Å². The van der Waals surface area contributed by atoms with Crippen molar-refractivity contribution in [3.63, 3.8) is 0 Å². The molecule has 0 radical (unpaired) electrons. The number of nitrogens with one attached hydrogen (secondary N) is 2. The fourth-order valence-corrected chi connectivity index (χ4v) is 4.89. The van der Waals surface area contributed by atoms with Crippen LogP contribution < -0.4 is 10.6 Å². The van der Waals surface area contributed by atoms with E-state index in [1.807, 2.05) is 6.92 Å². The van der Waals surface area contributed by atoms with Gasteiger partial charge in [-0.3, -0.25) is 4.79 Å². The first-order valence-electron chi connectivity index (χ1n) is 8.66. The fraction of sp³-hybridized carbons (Fsp3) is 0.500. The van der Waals surface area contributed by atoms with Crippen molar-refractivity contribution < 1.29 is 4.79 Å². The number of benzene rings is 1. The van der Waals surface area contributed by atoms with Crippen LogP contribution in [-0.2, 0) is 4.79 Å². The minimum atomic E-state index is -0.164. The summed E-state index contributed by atoms with van der Waals surface area (Å²) in [4.78, 5) is 12.3. The molecule has 1 aromatic heterocycles. The maximum absolute atomic E-state index is 12.3. The SMILES string of the molecule is Cc1ccc(Nc2nnc(S[C@@H](C)C(=O)NC3CCCC3)s2)c(C)c1. The molecule has 0 saturated heterocycles. The van der Waals surface area contributed by atoms with Crippen molar-refractivity contribution in [3.05, 3.63) is 29.3 Å². The molecule has 2 aromatic rings. The highest BCUT2D eigenvalue weighted by Gasteiger charge is 2.22. The lowest BCUT2D eigenvalue weighted by molar-refractivity contribution is -0.120. The molecular weight excluding hydrogens is 352 g/mol. The van der Waals surface area contributed by atoms with Crippen LogP contribution in [0.4, 0.5) is 10.8 Å². The van der Waals surface area contributed by atoms with E-state index < -0.39 is 0 Å². The van der Waals surface area contributed by atoms with Crippen LogP contribution in [0.5, 0.6) is 0 Å². The Morgan fingerprint density at radius 2 is 2.04 bits per heavy atom. The van der Waals surface area contributed by atoms with Gasteiger partial charge in [0.1, 0.15) is 0 Å². The second-order valence-corrected chi connectivity index (χ2v) is 9.13. The second-order valence-electron chi connectivity index (χ2n) is 6.57. The van der Waals surface area contributed by atoms with E-state index in [-0.39, 0.29) is 11.2 Å². The summed E-state index contributed by atoms with van der Waals surface area (Å²) >= 11 is 2.94. The Bertz CT molecular complexity index is 740. The normalized spacial score (nSPS) is 16.0. The molecule has 0 bridgehead atoms. The predicted molar refractivity (Wildman–Crippen MR) is 105 cm³/mol. The molecule has 1 saturated carbocycles. The van der Waals surface area contributed by atoms with Crippen LogP contribution in [0.3, 0.4) is 0 Å². The smallest absolute Gasteiger partial charge is 0.233 e. The monoisotopic (exact) mass is 376 g/mol. The van der Waals surface area contributed by atoms with Crippen LogP contribution >= 0.6 is 23.1 Å². The van der Waals surface area contributed by atoms with Gasteiger partial charge in [-0.05, 0) is 45.2 Å². The Balaban J connectivity index is 1.56. The van der Waals surface area contributed by atoms with Crippen molar-refractivity contribution >= 4 is 39.8 Å². The van der Waals surface area contributed by atoms with Crippen LogP contribution in [-0.4, -0.2) is 27.4 Å². The minimum absolute atomic E-state index is 0.0935. The third kappa shape index (κ3) is 4.95. The van der Waals surface area contributed by atoms with Gasteiger partial charge < -0.3 is 10.6 Å². The summed E-state index contributed by atoms with van der Waals surface area (Å²) in [5, 5.41) is 15.4. The lowest BCUT2D eigenvalue weighted by atomic mass is 10.1. The molecule has 0 spiro atoms. The van der Waals surface area contributed by atoms with Crippen molar-refractivity contribution in [2.24, 2.45) is 0 Å². The third-order valence-corrected chi connectivity index (χ3v) is 6.40. The van der Waals surface area contributed by atoms with Crippen molar-refractivity contribution in [1.82, 2.24) is 15.5 Å². The highest BCUT2D eigenvalue weighted by atomic mass is 32.2. The molecule has 1 aliphatic rings. The summed E-state index contributed by atoms with van der Waals surface area (Å²) < 4.78 is 0.807. The summed E-state index contributed by atoms with van der Waals surface area (Å²) in [6.45, 7) is 6.07. The summed E-state index contributed by atoms with van der Waals surface area (Å²) in [5.41, 5.74) is 3.44. The summed E-state index contributed by atoms with van der Waals surface area (Å²) in [5.74, 6) is 0.0935. The number of nitrogens with zero attached hydrogens (tertiary/aromatic N) is 2. The number of rotatable bonds is 6. The van der Waals surface area contributed by atoms with Crippen molar-refractivity contribution in [1.29, 1.82) is 0 Å². The van der Waals surface area contributed by atoms with Gasteiger partial charge in [0.15, 0.2) is 4.34 Å². The van der Waals surface area contributed by atoms with E-state index in [4.69, 9.17) is 0 Å². The first-order valence-corrected chi connectivity index (χ1v) is 10.4. The van der Waals surface area contributed by atoms with Crippen LogP contribution in [0.1, 0.15) is 43.7 Å². The first kappa shape index (κ1) is 18.2. The van der Waals surface area contributed by atoms with Gasteiger partial charge in [0.2, 0.25) is 11.0 Å². The van der Waals surface area contributed by atoms with E-state index >= 15 is 0 Å². The number of hydrogen-bond acceptors (Lipinski definition) is 6. The van der Waals surface area contributed by atoms with Crippen molar-refractivity contribution in [2.75, 3.05) is 5.32 Å². The zero-order chi connectivity index (χ0) is 17.8. The number of hydrogen-bond donors (Lipinski definition) is 2. The molecule has 0 unspecified atom stereocenters.